The van der Waals surface area contributed by atoms with E-state index in [0.717, 1.165) is 34.7 Å². The van der Waals surface area contributed by atoms with Gasteiger partial charge in [0.25, 0.3) is 0 Å². The summed E-state index contributed by atoms with van der Waals surface area (Å²) in [5, 5.41) is 0. The van der Waals surface area contributed by atoms with Crippen molar-refractivity contribution in [3.05, 3.63) is 78.0 Å². The van der Waals surface area contributed by atoms with Crippen LogP contribution in [0, 0.1) is 17.7 Å². The quantitative estimate of drug-likeness (QED) is 0.561. The van der Waals surface area contributed by atoms with Gasteiger partial charge >= 0.3 is 0 Å². The van der Waals surface area contributed by atoms with Gasteiger partial charge in [0.2, 0.25) is 0 Å². The molecule has 3 nitrogen and oxygen atoms in total. The van der Waals surface area contributed by atoms with Crippen molar-refractivity contribution in [1.82, 2.24) is 9.97 Å². The molecule has 3 atom stereocenters. The summed E-state index contributed by atoms with van der Waals surface area (Å²) >= 11 is 0. The van der Waals surface area contributed by atoms with Crippen LogP contribution in [0.1, 0.15) is 48.7 Å². The molecule has 4 heteroatoms. The Hall–Kier alpha value is -2.75. The highest BCUT2D eigenvalue weighted by molar-refractivity contribution is 5.63. The molecule has 2 aliphatic rings. The van der Waals surface area contributed by atoms with E-state index in [0.29, 0.717) is 17.8 Å². The molecule has 0 aliphatic heterocycles. The predicted molar refractivity (Wildman–Crippen MR) is 107 cm³/mol. The van der Waals surface area contributed by atoms with Gasteiger partial charge in [0.05, 0.1) is 11.4 Å². The molecule has 0 bridgehead atoms. The van der Waals surface area contributed by atoms with Gasteiger partial charge in [0.15, 0.2) is 6.39 Å². The largest absolute Gasteiger partial charge is 0.448 e. The molecule has 5 rings (SSSR count). The molecular weight excluding hydrogens is 351 g/mol. The van der Waals surface area contributed by atoms with Crippen LogP contribution in [0.4, 0.5) is 4.39 Å². The van der Waals surface area contributed by atoms with Gasteiger partial charge in [-0.3, -0.25) is 4.98 Å². The summed E-state index contributed by atoms with van der Waals surface area (Å²) in [4.78, 5) is 9.09. The molecular formula is C24H23FN2O. The first kappa shape index (κ1) is 17.4. The lowest BCUT2D eigenvalue weighted by Gasteiger charge is -2.38. The van der Waals surface area contributed by atoms with E-state index in [9.17, 15) is 4.39 Å². The smallest absolute Gasteiger partial charge is 0.181 e. The maximum Gasteiger partial charge on any atom is 0.181 e. The van der Waals surface area contributed by atoms with Crippen LogP contribution in [0.5, 0.6) is 0 Å². The van der Waals surface area contributed by atoms with Crippen LogP contribution in [0.15, 0.2) is 59.5 Å². The fourth-order valence-electron chi connectivity index (χ4n) is 4.89. The van der Waals surface area contributed by atoms with Crippen molar-refractivity contribution >= 4 is 6.08 Å². The second-order valence-corrected chi connectivity index (χ2v) is 7.94. The van der Waals surface area contributed by atoms with Crippen molar-refractivity contribution < 1.29 is 8.81 Å². The lowest BCUT2D eigenvalue weighted by Crippen LogP contribution is -2.31. The number of halogens is 1. The van der Waals surface area contributed by atoms with Crippen LogP contribution in [0.2, 0.25) is 0 Å². The molecule has 1 fully saturated rings. The molecule has 0 saturated heterocycles. The zero-order valence-electron chi connectivity index (χ0n) is 15.7. The molecule has 0 radical (unpaired) electrons. The van der Waals surface area contributed by atoms with Crippen LogP contribution in [0.3, 0.4) is 0 Å². The first-order valence-corrected chi connectivity index (χ1v) is 10.1. The molecule has 2 aromatic heterocycles. The van der Waals surface area contributed by atoms with Crippen molar-refractivity contribution in [2.75, 3.05) is 0 Å². The van der Waals surface area contributed by atoms with Crippen molar-refractivity contribution in [2.24, 2.45) is 11.8 Å². The highest BCUT2D eigenvalue weighted by Crippen LogP contribution is 2.47. The highest BCUT2D eigenvalue weighted by atomic mass is 19.1. The molecule has 0 N–H and O–H groups in total. The van der Waals surface area contributed by atoms with Crippen molar-refractivity contribution in [3.63, 3.8) is 0 Å². The Morgan fingerprint density at radius 3 is 2.82 bits per heavy atom. The number of pyridine rings is 1. The molecule has 2 aliphatic carbocycles. The lowest BCUT2D eigenvalue weighted by atomic mass is 9.66. The second kappa shape index (κ2) is 7.34. The van der Waals surface area contributed by atoms with E-state index in [1.54, 1.807) is 18.7 Å². The summed E-state index contributed by atoms with van der Waals surface area (Å²) in [7, 11) is 0. The Labute approximate surface area is 164 Å². The normalized spacial score (nSPS) is 24.1. The van der Waals surface area contributed by atoms with Crippen molar-refractivity contribution in [1.29, 1.82) is 0 Å². The number of nitrogens with zero attached hydrogens (tertiary/aromatic N) is 2. The molecule has 3 unspecified atom stereocenters. The molecule has 142 valence electrons. The van der Waals surface area contributed by atoms with Crippen LogP contribution in [0.25, 0.3) is 17.2 Å². The van der Waals surface area contributed by atoms with Gasteiger partial charge in [0, 0.05) is 24.1 Å². The van der Waals surface area contributed by atoms with E-state index in [-0.39, 0.29) is 5.82 Å². The minimum atomic E-state index is -0.232. The van der Waals surface area contributed by atoms with Gasteiger partial charge in [0.1, 0.15) is 11.6 Å². The van der Waals surface area contributed by atoms with Gasteiger partial charge in [-0.1, -0.05) is 37.1 Å². The monoisotopic (exact) mass is 374 g/mol. The molecule has 0 spiro atoms. The van der Waals surface area contributed by atoms with E-state index in [2.05, 4.69) is 22.1 Å². The minimum Gasteiger partial charge on any atom is -0.448 e. The molecule has 3 aromatic rings. The Bertz CT molecular complexity index is 992. The second-order valence-electron chi connectivity index (χ2n) is 7.94. The van der Waals surface area contributed by atoms with E-state index in [4.69, 9.17) is 4.42 Å². The fraction of sp³-hybridized carbons (Fsp3) is 0.333. The van der Waals surface area contributed by atoms with Crippen LogP contribution >= 0.6 is 0 Å². The average molecular weight is 374 g/mol. The Balaban J connectivity index is 1.39. The van der Waals surface area contributed by atoms with E-state index in [1.165, 1.54) is 37.8 Å². The van der Waals surface area contributed by atoms with E-state index < -0.39 is 0 Å². The summed E-state index contributed by atoms with van der Waals surface area (Å²) < 4.78 is 19.1. The predicted octanol–water partition coefficient (Wildman–Crippen LogP) is 6.04. The van der Waals surface area contributed by atoms with Gasteiger partial charge in [-0.25, -0.2) is 9.37 Å². The number of oxazole rings is 1. The molecule has 28 heavy (non-hydrogen) atoms. The number of hydrogen-bond acceptors (Lipinski definition) is 3. The summed E-state index contributed by atoms with van der Waals surface area (Å²) in [6.45, 7) is 0. The van der Waals surface area contributed by atoms with Crippen molar-refractivity contribution in [3.8, 4) is 11.1 Å². The maximum absolute atomic E-state index is 13.4. The third kappa shape index (κ3) is 3.28. The highest BCUT2D eigenvalue weighted by Gasteiger charge is 2.39. The Morgan fingerprint density at radius 1 is 1.04 bits per heavy atom. The Morgan fingerprint density at radius 2 is 1.96 bits per heavy atom. The van der Waals surface area contributed by atoms with Gasteiger partial charge in [-0.05, 0) is 54.5 Å². The SMILES string of the molecule is Fc1cccc(-c2ccc(/C=C/C3c4ncoc4CC4CCCCC43)nc2)c1. The topological polar surface area (TPSA) is 38.9 Å². The summed E-state index contributed by atoms with van der Waals surface area (Å²) in [5.74, 6) is 2.48. The fourth-order valence-corrected chi connectivity index (χ4v) is 4.89. The number of fused-ring (bicyclic) bond motifs is 2. The minimum absolute atomic E-state index is 0.232. The summed E-state index contributed by atoms with van der Waals surface area (Å²) in [6.07, 6.45) is 14.0. The number of benzene rings is 1. The van der Waals surface area contributed by atoms with E-state index >= 15 is 0 Å². The number of rotatable bonds is 3. The average Bonchev–Trinajstić information content (AvgIpc) is 3.20. The summed E-state index contributed by atoms with van der Waals surface area (Å²) in [6, 6.07) is 10.6. The van der Waals surface area contributed by atoms with E-state index in [1.807, 2.05) is 18.2 Å². The number of aromatic nitrogens is 2. The lowest BCUT2D eigenvalue weighted by molar-refractivity contribution is 0.189. The number of hydrogen-bond donors (Lipinski definition) is 0. The van der Waals surface area contributed by atoms with Crippen LogP contribution in [-0.4, -0.2) is 9.97 Å². The van der Waals surface area contributed by atoms with Gasteiger partial charge in [-0.2, -0.15) is 0 Å². The van der Waals surface area contributed by atoms with Crippen LogP contribution < -0.4 is 0 Å². The molecule has 2 heterocycles. The zero-order valence-corrected chi connectivity index (χ0v) is 15.7. The first-order chi connectivity index (χ1) is 13.8. The van der Waals surface area contributed by atoms with Gasteiger partial charge in [-0.15, -0.1) is 0 Å². The van der Waals surface area contributed by atoms with Crippen molar-refractivity contribution in [2.45, 2.75) is 38.0 Å². The number of allylic oxidation sites excluding steroid dienone is 1. The molecule has 0 amide bonds. The maximum atomic E-state index is 13.4. The third-order valence-electron chi connectivity index (χ3n) is 6.28. The molecule has 1 saturated carbocycles. The first-order valence-electron chi connectivity index (χ1n) is 10.1. The van der Waals surface area contributed by atoms with Gasteiger partial charge < -0.3 is 4.42 Å². The standard InChI is InChI=1S/C24H23FN2O/c25-19-6-3-5-16(12-19)18-8-9-20(26-14-18)10-11-22-21-7-2-1-4-17(21)13-23-24(22)27-15-28-23/h3,5-6,8-12,14-15,17,21-22H,1-2,4,7,13H2/b11-10+. The zero-order chi connectivity index (χ0) is 18.9. The van der Waals surface area contributed by atoms with Crippen LogP contribution in [-0.2, 0) is 6.42 Å². The molecule has 1 aromatic carbocycles. The third-order valence-corrected chi connectivity index (χ3v) is 6.28. The Kier molecular flexibility index (Phi) is 4.55. The summed E-state index contributed by atoms with van der Waals surface area (Å²) in [5.41, 5.74) is 3.77.